The Morgan fingerprint density at radius 3 is 2.36 bits per heavy atom. The molecule has 0 saturated carbocycles. The van der Waals surface area contributed by atoms with Gasteiger partial charge in [-0.1, -0.05) is 30.3 Å². The number of carbonyl (C=O) groups is 1. The van der Waals surface area contributed by atoms with Crippen LogP contribution in [0.5, 0.6) is 0 Å². The maximum atomic E-state index is 12.7. The van der Waals surface area contributed by atoms with Crippen LogP contribution < -0.4 is 0 Å². The number of esters is 1. The van der Waals surface area contributed by atoms with Gasteiger partial charge in [-0.15, -0.1) is 12.4 Å². The second kappa shape index (κ2) is 11.5. The second-order valence-electron chi connectivity index (χ2n) is 6.41. The molecule has 1 aromatic rings. The first-order chi connectivity index (χ1) is 11.7. The topological polar surface area (TPSA) is 38.8 Å². The molecule has 0 atom stereocenters. The van der Waals surface area contributed by atoms with Gasteiger partial charge >= 0.3 is 5.97 Å². The van der Waals surface area contributed by atoms with Crippen LogP contribution in [-0.2, 0) is 19.7 Å². The molecule has 0 radical (unpaired) electrons. The van der Waals surface area contributed by atoms with Crippen LogP contribution in [0.3, 0.4) is 0 Å². The van der Waals surface area contributed by atoms with Gasteiger partial charge in [0, 0.05) is 13.2 Å². The number of ether oxygens (including phenoxy) is 2. The monoisotopic (exact) mass is 369 g/mol. The number of benzene rings is 1. The molecule has 0 N–H and O–H groups in total. The molecule has 0 aromatic heterocycles. The number of piperidine rings is 1. The molecule has 1 heterocycles. The lowest BCUT2D eigenvalue weighted by molar-refractivity contribution is -0.152. The Balaban J connectivity index is 0.00000312. The van der Waals surface area contributed by atoms with E-state index in [1.54, 1.807) is 0 Å². The number of rotatable bonds is 9. The lowest BCUT2D eigenvalue weighted by Gasteiger charge is -2.40. The fourth-order valence-electron chi connectivity index (χ4n) is 3.48. The van der Waals surface area contributed by atoms with Crippen LogP contribution in [-0.4, -0.2) is 50.3 Å². The lowest BCUT2D eigenvalue weighted by Crippen LogP contribution is -2.48. The maximum Gasteiger partial charge on any atom is 0.316 e. The molecule has 1 fully saturated rings. The van der Waals surface area contributed by atoms with Gasteiger partial charge in [-0.3, -0.25) is 4.79 Å². The molecule has 5 heteroatoms. The number of carbonyl (C=O) groups excluding carboxylic acids is 1. The molecule has 2 rings (SSSR count). The average molecular weight is 370 g/mol. The highest BCUT2D eigenvalue weighted by Gasteiger charge is 2.43. The minimum absolute atomic E-state index is 0. The van der Waals surface area contributed by atoms with Crippen molar-refractivity contribution in [2.24, 2.45) is 0 Å². The minimum atomic E-state index is -0.473. The van der Waals surface area contributed by atoms with Crippen molar-refractivity contribution in [3.05, 3.63) is 35.9 Å². The SMILES string of the molecule is CCOCCCCN1CCC(C(=O)OCC)(c2ccccc2)CC1.Cl. The first kappa shape index (κ1) is 21.9. The van der Waals surface area contributed by atoms with E-state index in [0.717, 1.165) is 64.1 Å². The molecule has 4 nitrogen and oxygen atoms in total. The van der Waals surface area contributed by atoms with Crippen molar-refractivity contribution in [3.63, 3.8) is 0 Å². The van der Waals surface area contributed by atoms with E-state index in [1.807, 2.05) is 32.0 Å². The quantitative estimate of drug-likeness (QED) is 0.490. The Labute approximate surface area is 158 Å². The van der Waals surface area contributed by atoms with Crippen molar-refractivity contribution in [1.82, 2.24) is 4.90 Å². The van der Waals surface area contributed by atoms with Gasteiger partial charge in [-0.25, -0.2) is 0 Å². The van der Waals surface area contributed by atoms with E-state index in [1.165, 1.54) is 0 Å². The largest absolute Gasteiger partial charge is 0.465 e. The summed E-state index contributed by atoms with van der Waals surface area (Å²) in [6, 6.07) is 10.1. The third-order valence-corrected chi connectivity index (χ3v) is 4.92. The number of nitrogens with zero attached hydrogens (tertiary/aromatic N) is 1. The van der Waals surface area contributed by atoms with Crippen LogP contribution in [0.1, 0.15) is 45.1 Å². The van der Waals surface area contributed by atoms with Gasteiger partial charge in [0.15, 0.2) is 0 Å². The second-order valence-corrected chi connectivity index (χ2v) is 6.41. The summed E-state index contributed by atoms with van der Waals surface area (Å²) >= 11 is 0. The summed E-state index contributed by atoms with van der Waals surface area (Å²) in [7, 11) is 0. The smallest absolute Gasteiger partial charge is 0.316 e. The van der Waals surface area contributed by atoms with Crippen molar-refractivity contribution in [2.45, 2.75) is 44.9 Å². The van der Waals surface area contributed by atoms with Gasteiger partial charge in [0.1, 0.15) is 0 Å². The highest BCUT2D eigenvalue weighted by Crippen LogP contribution is 2.37. The third-order valence-electron chi connectivity index (χ3n) is 4.92. The minimum Gasteiger partial charge on any atom is -0.465 e. The summed E-state index contributed by atoms with van der Waals surface area (Å²) < 4.78 is 10.8. The first-order valence-electron chi connectivity index (χ1n) is 9.25. The summed E-state index contributed by atoms with van der Waals surface area (Å²) in [5.74, 6) is -0.0628. The van der Waals surface area contributed by atoms with Crippen molar-refractivity contribution in [2.75, 3.05) is 39.5 Å². The fourth-order valence-corrected chi connectivity index (χ4v) is 3.48. The zero-order chi connectivity index (χ0) is 17.3. The highest BCUT2D eigenvalue weighted by atomic mass is 35.5. The van der Waals surface area contributed by atoms with Crippen LogP contribution >= 0.6 is 12.4 Å². The Bertz CT molecular complexity index is 487. The van der Waals surface area contributed by atoms with E-state index in [0.29, 0.717) is 6.61 Å². The van der Waals surface area contributed by atoms with E-state index in [9.17, 15) is 4.79 Å². The van der Waals surface area contributed by atoms with Crippen LogP contribution in [0.15, 0.2) is 30.3 Å². The predicted octanol–water partition coefficient (Wildman–Crippen LogP) is 3.82. The molecule has 1 saturated heterocycles. The Hall–Kier alpha value is -1.10. The van der Waals surface area contributed by atoms with E-state index in [2.05, 4.69) is 17.0 Å². The number of hydrogen-bond donors (Lipinski definition) is 0. The van der Waals surface area contributed by atoms with Crippen molar-refractivity contribution >= 4 is 18.4 Å². The van der Waals surface area contributed by atoms with E-state index >= 15 is 0 Å². The summed E-state index contributed by atoms with van der Waals surface area (Å²) in [5.41, 5.74) is 0.624. The molecule has 1 aromatic carbocycles. The zero-order valence-electron chi connectivity index (χ0n) is 15.5. The predicted molar refractivity (Wildman–Crippen MR) is 103 cm³/mol. The molecule has 0 amide bonds. The van der Waals surface area contributed by atoms with Gasteiger partial charge in [0.25, 0.3) is 0 Å². The Kier molecular flexibility index (Phi) is 10.1. The standard InChI is InChI=1S/C20H31NO3.ClH/c1-3-23-17-9-8-14-21-15-12-20(13-16-21,19(22)24-4-2)18-10-6-5-7-11-18;/h5-7,10-11H,3-4,8-9,12-17H2,1-2H3;1H. The van der Waals surface area contributed by atoms with E-state index in [4.69, 9.17) is 9.47 Å². The van der Waals surface area contributed by atoms with Crippen LogP contribution in [0, 0.1) is 0 Å². The third kappa shape index (κ3) is 5.98. The van der Waals surface area contributed by atoms with Gasteiger partial charge in [0.05, 0.1) is 12.0 Å². The molecule has 1 aliphatic heterocycles. The molecule has 0 aliphatic carbocycles. The number of unbranched alkanes of at least 4 members (excludes halogenated alkanes) is 1. The normalized spacial score (nSPS) is 16.9. The number of halogens is 1. The number of hydrogen-bond acceptors (Lipinski definition) is 4. The first-order valence-corrected chi connectivity index (χ1v) is 9.25. The summed E-state index contributed by atoms with van der Waals surface area (Å²) in [5, 5.41) is 0. The zero-order valence-corrected chi connectivity index (χ0v) is 16.4. The molecule has 0 bridgehead atoms. The Morgan fingerprint density at radius 1 is 1.08 bits per heavy atom. The van der Waals surface area contributed by atoms with E-state index in [-0.39, 0.29) is 18.4 Å². The fraction of sp³-hybridized carbons (Fsp3) is 0.650. The van der Waals surface area contributed by atoms with Crippen molar-refractivity contribution < 1.29 is 14.3 Å². The Morgan fingerprint density at radius 2 is 1.76 bits per heavy atom. The van der Waals surface area contributed by atoms with Crippen molar-refractivity contribution in [3.8, 4) is 0 Å². The molecule has 1 aliphatic rings. The van der Waals surface area contributed by atoms with Gasteiger partial charge < -0.3 is 14.4 Å². The highest BCUT2D eigenvalue weighted by molar-refractivity contribution is 5.85. The molecule has 25 heavy (non-hydrogen) atoms. The molecular weight excluding hydrogens is 338 g/mol. The summed E-state index contributed by atoms with van der Waals surface area (Å²) in [6.07, 6.45) is 3.92. The van der Waals surface area contributed by atoms with Crippen LogP contribution in [0.4, 0.5) is 0 Å². The van der Waals surface area contributed by atoms with Crippen molar-refractivity contribution in [1.29, 1.82) is 0 Å². The van der Waals surface area contributed by atoms with Gasteiger partial charge in [-0.05, 0) is 64.7 Å². The lowest BCUT2D eigenvalue weighted by atomic mass is 9.72. The van der Waals surface area contributed by atoms with Crippen LogP contribution in [0.2, 0.25) is 0 Å². The maximum absolute atomic E-state index is 12.7. The van der Waals surface area contributed by atoms with E-state index < -0.39 is 5.41 Å². The van der Waals surface area contributed by atoms with Gasteiger partial charge in [-0.2, -0.15) is 0 Å². The average Bonchev–Trinajstić information content (AvgIpc) is 2.63. The summed E-state index contributed by atoms with van der Waals surface area (Å²) in [4.78, 5) is 15.2. The van der Waals surface area contributed by atoms with Crippen LogP contribution in [0.25, 0.3) is 0 Å². The molecule has 142 valence electrons. The molecular formula is C20H32ClNO3. The van der Waals surface area contributed by atoms with Gasteiger partial charge in [0.2, 0.25) is 0 Å². The molecule has 0 spiro atoms. The molecule has 0 unspecified atom stereocenters. The number of likely N-dealkylation sites (tertiary alicyclic amines) is 1. The summed E-state index contributed by atoms with van der Waals surface area (Å²) in [6.45, 7) is 8.97.